The summed E-state index contributed by atoms with van der Waals surface area (Å²) in [6.45, 7) is 20.8. The minimum Gasteiger partial charge on any atom is -0.417 e. The molecule has 2 heterocycles. The van der Waals surface area contributed by atoms with Gasteiger partial charge in [0.2, 0.25) is 14.2 Å². The lowest BCUT2D eigenvalue weighted by Gasteiger charge is -2.44. The van der Waals surface area contributed by atoms with Crippen LogP contribution in [0, 0.1) is 11.8 Å². The van der Waals surface area contributed by atoms with Crippen LogP contribution in [-0.4, -0.2) is 54.8 Å². The Bertz CT molecular complexity index is 1130. The Balaban J connectivity index is 1.75. The van der Waals surface area contributed by atoms with Crippen LogP contribution >= 0.6 is 11.3 Å². The summed E-state index contributed by atoms with van der Waals surface area (Å²) >= 11 is 1.25. The van der Waals surface area contributed by atoms with Crippen LogP contribution in [0.25, 0.3) is 10.2 Å². The smallest absolute Gasteiger partial charge is 0.210 e. The first-order valence-electron chi connectivity index (χ1n) is 14.7. The zero-order chi connectivity index (χ0) is 29.1. The van der Waals surface area contributed by atoms with E-state index in [-0.39, 0.29) is 33.4 Å². The molecule has 0 aliphatic carbocycles. The average molecular weight is 614 g/mol. The molecular weight excluding hydrogens is 563 g/mol. The number of thiazole rings is 1. The molecule has 4 atom stereocenters. The van der Waals surface area contributed by atoms with E-state index < -0.39 is 26.5 Å². The number of benzene rings is 1. The molecule has 6 nitrogen and oxygen atoms in total. The van der Waals surface area contributed by atoms with E-state index in [9.17, 15) is 8.42 Å². The van der Waals surface area contributed by atoms with Crippen molar-refractivity contribution in [3.8, 4) is 0 Å². The summed E-state index contributed by atoms with van der Waals surface area (Å²) in [4.78, 5) is 4.43. The lowest BCUT2D eigenvalue weighted by atomic mass is 9.87. The van der Waals surface area contributed by atoms with E-state index in [0.29, 0.717) is 5.92 Å². The molecule has 0 amide bonds. The van der Waals surface area contributed by atoms with Crippen molar-refractivity contribution in [1.29, 1.82) is 0 Å². The average Bonchev–Trinajstić information content (AvgIpc) is 3.31. The number of hydrogen-bond donors (Lipinski definition) is 0. The Morgan fingerprint density at radius 3 is 2.33 bits per heavy atom. The standard InChI is InChI=1S/C29H51NO5S2Si2/c1-10-39(11-2,12-3)33-18-17-23-19-25(34-27(20-23)35-38(8,9)29(5,6)7)22(4)21-37(31,32)28-30-24-15-13-14-16-26(24)36-28/h13-16,22-23,25,27H,10-12,17-21H2,1-9H3/t22-,23-,25-,27-/m1/s1. The molecule has 1 fully saturated rings. The highest BCUT2D eigenvalue weighted by molar-refractivity contribution is 7.93. The van der Waals surface area contributed by atoms with Gasteiger partial charge in [0.1, 0.15) is 6.29 Å². The number of para-hydroxylation sites is 1. The van der Waals surface area contributed by atoms with Crippen molar-refractivity contribution in [3.63, 3.8) is 0 Å². The van der Waals surface area contributed by atoms with Gasteiger partial charge in [-0.25, -0.2) is 13.4 Å². The summed E-state index contributed by atoms with van der Waals surface area (Å²) < 4.78 is 47.8. The predicted molar refractivity (Wildman–Crippen MR) is 168 cm³/mol. The van der Waals surface area contributed by atoms with Gasteiger partial charge in [-0.15, -0.1) is 11.3 Å². The van der Waals surface area contributed by atoms with Crippen LogP contribution < -0.4 is 0 Å². The van der Waals surface area contributed by atoms with Gasteiger partial charge in [-0.2, -0.15) is 0 Å². The van der Waals surface area contributed by atoms with Crippen LogP contribution in [0.2, 0.25) is 36.3 Å². The molecule has 0 radical (unpaired) electrons. The van der Waals surface area contributed by atoms with E-state index in [0.717, 1.165) is 54.2 Å². The van der Waals surface area contributed by atoms with Crippen molar-refractivity contribution in [1.82, 2.24) is 4.98 Å². The third-order valence-corrected chi connectivity index (χ3v) is 21.8. The van der Waals surface area contributed by atoms with Gasteiger partial charge in [0, 0.05) is 13.0 Å². The summed E-state index contributed by atoms with van der Waals surface area (Å²) in [7, 11) is -7.24. The molecule has 1 aliphatic rings. The van der Waals surface area contributed by atoms with Gasteiger partial charge in [0.05, 0.1) is 22.1 Å². The van der Waals surface area contributed by atoms with E-state index in [1.54, 1.807) is 0 Å². The number of ether oxygens (including phenoxy) is 1. The van der Waals surface area contributed by atoms with Gasteiger partial charge in [-0.1, -0.05) is 60.6 Å². The zero-order valence-corrected chi connectivity index (χ0v) is 29.2. The number of aromatic nitrogens is 1. The van der Waals surface area contributed by atoms with Crippen LogP contribution in [-0.2, 0) is 23.4 Å². The Labute approximate surface area is 243 Å². The number of sulfone groups is 1. The fourth-order valence-corrected chi connectivity index (χ4v) is 12.0. The minimum atomic E-state index is -3.53. The maximum absolute atomic E-state index is 13.4. The van der Waals surface area contributed by atoms with E-state index in [1.165, 1.54) is 11.3 Å². The second kappa shape index (κ2) is 13.1. The maximum atomic E-state index is 13.4. The third kappa shape index (κ3) is 8.23. The van der Waals surface area contributed by atoms with Crippen molar-refractivity contribution < 1.29 is 22.0 Å². The van der Waals surface area contributed by atoms with Crippen molar-refractivity contribution in [2.75, 3.05) is 12.4 Å². The number of nitrogens with zero attached hydrogens (tertiary/aromatic N) is 1. The molecule has 1 saturated heterocycles. The van der Waals surface area contributed by atoms with Crippen molar-refractivity contribution in [2.24, 2.45) is 11.8 Å². The summed E-state index contributed by atoms with van der Waals surface area (Å²) in [5, 5.41) is 0.0678. The fourth-order valence-electron chi connectivity index (χ4n) is 5.19. The molecule has 3 rings (SSSR count). The van der Waals surface area contributed by atoms with Gasteiger partial charge >= 0.3 is 0 Å². The number of hydrogen-bond acceptors (Lipinski definition) is 7. The van der Waals surface area contributed by atoms with E-state index in [4.69, 9.17) is 13.6 Å². The first kappa shape index (κ1) is 32.9. The van der Waals surface area contributed by atoms with Crippen molar-refractivity contribution >= 4 is 48.0 Å². The normalized spacial score (nSPS) is 22.3. The molecule has 0 N–H and O–H groups in total. The van der Waals surface area contributed by atoms with Crippen LogP contribution in [0.4, 0.5) is 0 Å². The quantitative estimate of drug-likeness (QED) is 0.212. The van der Waals surface area contributed by atoms with Gasteiger partial charge in [-0.05, 0) is 73.1 Å². The molecular formula is C29H51NO5S2Si2. The highest BCUT2D eigenvalue weighted by Gasteiger charge is 2.43. The molecule has 39 heavy (non-hydrogen) atoms. The Morgan fingerprint density at radius 1 is 1.10 bits per heavy atom. The van der Waals surface area contributed by atoms with E-state index in [1.807, 2.05) is 31.2 Å². The fraction of sp³-hybridized carbons (Fsp3) is 0.759. The van der Waals surface area contributed by atoms with Crippen LogP contribution in [0.5, 0.6) is 0 Å². The molecule has 0 bridgehead atoms. The van der Waals surface area contributed by atoms with Gasteiger partial charge in [-0.3, -0.25) is 0 Å². The third-order valence-electron chi connectivity index (χ3n) is 9.17. The SMILES string of the molecule is CC[Si](CC)(CC)OCC[C@H]1C[C@@H](O[Si](C)(C)C(C)(C)C)O[C@@H]([C@H](C)CS(=O)(=O)c2nc3ccccc3s2)C1. The maximum Gasteiger partial charge on any atom is 0.210 e. The predicted octanol–water partition coefficient (Wildman–Crippen LogP) is 8.26. The molecule has 0 spiro atoms. The lowest BCUT2D eigenvalue weighted by Crippen LogP contribution is -2.49. The summed E-state index contributed by atoms with van der Waals surface area (Å²) in [5.74, 6) is 0.223. The molecule has 0 unspecified atom stereocenters. The molecule has 2 aromatic rings. The Kier molecular flexibility index (Phi) is 11.1. The first-order valence-corrected chi connectivity index (χ1v) is 22.6. The largest absolute Gasteiger partial charge is 0.417 e. The van der Waals surface area contributed by atoms with Crippen molar-refractivity contribution in [2.45, 2.75) is 121 Å². The van der Waals surface area contributed by atoms with Crippen molar-refractivity contribution in [3.05, 3.63) is 24.3 Å². The number of fused-ring (bicyclic) bond motifs is 1. The lowest BCUT2D eigenvalue weighted by molar-refractivity contribution is -0.180. The second-order valence-corrected chi connectivity index (χ2v) is 25.7. The Hall–Kier alpha value is -0.626. The monoisotopic (exact) mass is 613 g/mol. The van der Waals surface area contributed by atoms with Crippen LogP contribution in [0.15, 0.2) is 28.6 Å². The first-order chi connectivity index (χ1) is 18.1. The molecule has 1 aromatic carbocycles. The van der Waals surface area contributed by atoms with Gasteiger partial charge in [0.15, 0.2) is 16.6 Å². The summed E-state index contributed by atoms with van der Waals surface area (Å²) in [6.07, 6.45) is 2.13. The molecule has 222 valence electrons. The second-order valence-electron chi connectivity index (χ2n) is 12.9. The molecule has 1 aromatic heterocycles. The van der Waals surface area contributed by atoms with E-state index >= 15 is 0 Å². The summed E-state index contributed by atoms with van der Waals surface area (Å²) in [6, 6.07) is 11.0. The molecule has 10 heteroatoms. The molecule has 1 aliphatic heterocycles. The van der Waals surface area contributed by atoms with Gasteiger partial charge in [0.25, 0.3) is 0 Å². The Morgan fingerprint density at radius 2 is 1.74 bits per heavy atom. The zero-order valence-electron chi connectivity index (χ0n) is 25.6. The minimum absolute atomic E-state index is 0.0189. The highest BCUT2D eigenvalue weighted by atomic mass is 32.2. The molecule has 0 saturated carbocycles. The van der Waals surface area contributed by atoms with Gasteiger partial charge < -0.3 is 13.6 Å². The topological polar surface area (TPSA) is 74.7 Å². The van der Waals surface area contributed by atoms with Crippen LogP contribution in [0.1, 0.15) is 67.7 Å². The van der Waals surface area contributed by atoms with Crippen LogP contribution in [0.3, 0.4) is 0 Å². The number of rotatable bonds is 13. The summed E-state index contributed by atoms with van der Waals surface area (Å²) in [5.41, 5.74) is 0.733. The highest BCUT2D eigenvalue weighted by Crippen LogP contribution is 2.41. The van der Waals surface area contributed by atoms with E-state index in [2.05, 4.69) is 59.6 Å².